The molecule has 3 nitrogen and oxygen atoms in total. The maximum absolute atomic E-state index is 5.93. The van der Waals surface area contributed by atoms with E-state index >= 15 is 0 Å². The van der Waals surface area contributed by atoms with E-state index in [1.807, 2.05) is 24.3 Å². The first-order valence-corrected chi connectivity index (χ1v) is 7.91. The van der Waals surface area contributed by atoms with Gasteiger partial charge in [0.1, 0.15) is 24.2 Å². The molecular weight excluding hydrogens is 264 g/mol. The lowest BCUT2D eigenvalue weighted by molar-refractivity contribution is 0.0607. The van der Waals surface area contributed by atoms with Crippen LogP contribution in [0.4, 0.5) is 0 Å². The van der Waals surface area contributed by atoms with Crippen LogP contribution < -0.4 is 4.74 Å². The zero-order valence-corrected chi connectivity index (χ0v) is 13.1. The number of ether oxygens (including phenoxy) is 3. The van der Waals surface area contributed by atoms with Crippen molar-refractivity contribution in [1.82, 2.24) is 0 Å². The smallest absolute Gasteiger partial charge is 0.124 e. The monoisotopic (exact) mass is 290 g/mol. The van der Waals surface area contributed by atoms with Gasteiger partial charge in [0, 0.05) is 0 Å². The molecular formula is C18H26O3. The van der Waals surface area contributed by atoms with Crippen LogP contribution in [0.5, 0.6) is 5.75 Å². The maximum Gasteiger partial charge on any atom is 0.124 e. The molecule has 0 N–H and O–H groups in total. The molecule has 0 amide bonds. The lowest BCUT2D eigenvalue weighted by Crippen LogP contribution is -2.12. The van der Waals surface area contributed by atoms with Crippen molar-refractivity contribution in [3.05, 3.63) is 41.7 Å². The first-order valence-electron chi connectivity index (χ1n) is 7.91. The van der Waals surface area contributed by atoms with Gasteiger partial charge in [0.2, 0.25) is 0 Å². The molecule has 1 unspecified atom stereocenters. The molecule has 0 saturated carbocycles. The SMILES string of the molecule is CCCCCCC1OCC=C1OCc1ccc(OC)cc1. The van der Waals surface area contributed by atoms with Crippen LogP contribution >= 0.6 is 0 Å². The van der Waals surface area contributed by atoms with Gasteiger partial charge >= 0.3 is 0 Å². The third kappa shape index (κ3) is 5.09. The molecule has 0 aliphatic carbocycles. The van der Waals surface area contributed by atoms with E-state index in [9.17, 15) is 0 Å². The van der Waals surface area contributed by atoms with Crippen LogP contribution in [0, 0.1) is 0 Å². The molecule has 1 heterocycles. The Morgan fingerprint density at radius 3 is 2.67 bits per heavy atom. The molecule has 0 bridgehead atoms. The maximum atomic E-state index is 5.93. The van der Waals surface area contributed by atoms with Crippen molar-refractivity contribution < 1.29 is 14.2 Å². The third-order valence-corrected chi connectivity index (χ3v) is 3.78. The Morgan fingerprint density at radius 1 is 1.14 bits per heavy atom. The zero-order chi connectivity index (χ0) is 14.9. The lowest BCUT2D eigenvalue weighted by Gasteiger charge is -2.16. The fourth-order valence-electron chi connectivity index (χ4n) is 2.48. The first kappa shape index (κ1) is 15.9. The molecule has 3 heteroatoms. The number of unbranched alkanes of at least 4 members (excludes halogenated alkanes) is 3. The summed E-state index contributed by atoms with van der Waals surface area (Å²) in [5.41, 5.74) is 1.15. The minimum Gasteiger partial charge on any atom is -0.497 e. The van der Waals surface area contributed by atoms with Crippen LogP contribution in [0.3, 0.4) is 0 Å². The van der Waals surface area contributed by atoms with Crippen molar-refractivity contribution in [2.24, 2.45) is 0 Å². The summed E-state index contributed by atoms with van der Waals surface area (Å²) in [6, 6.07) is 7.98. The van der Waals surface area contributed by atoms with Crippen molar-refractivity contribution in [2.75, 3.05) is 13.7 Å². The number of benzene rings is 1. The summed E-state index contributed by atoms with van der Waals surface area (Å²) in [6.45, 7) is 3.50. The highest BCUT2D eigenvalue weighted by molar-refractivity contribution is 5.26. The average Bonchev–Trinajstić information content (AvgIpc) is 2.97. The van der Waals surface area contributed by atoms with E-state index < -0.39 is 0 Å². The van der Waals surface area contributed by atoms with Crippen molar-refractivity contribution in [3.8, 4) is 5.75 Å². The highest BCUT2D eigenvalue weighted by Gasteiger charge is 2.21. The molecule has 2 rings (SSSR count). The van der Waals surface area contributed by atoms with Gasteiger partial charge in [-0.2, -0.15) is 0 Å². The molecule has 1 aromatic carbocycles. The predicted molar refractivity (Wildman–Crippen MR) is 84.4 cm³/mol. The summed E-state index contributed by atoms with van der Waals surface area (Å²) in [4.78, 5) is 0. The lowest BCUT2D eigenvalue weighted by atomic mass is 10.1. The number of hydrogen-bond acceptors (Lipinski definition) is 3. The molecule has 0 saturated heterocycles. The fraction of sp³-hybridized carbons (Fsp3) is 0.556. The predicted octanol–water partition coefficient (Wildman–Crippen LogP) is 4.46. The number of methoxy groups -OCH3 is 1. The average molecular weight is 290 g/mol. The summed E-state index contributed by atoms with van der Waals surface area (Å²) >= 11 is 0. The number of rotatable bonds is 9. The van der Waals surface area contributed by atoms with Crippen LogP contribution in [0.25, 0.3) is 0 Å². The minimum atomic E-state index is 0.153. The molecule has 116 valence electrons. The fourth-order valence-corrected chi connectivity index (χ4v) is 2.48. The van der Waals surface area contributed by atoms with Gasteiger partial charge < -0.3 is 14.2 Å². The van der Waals surface area contributed by atoms with Gasteiger partial charge in [0.25, 0.3) is 0 Å². The molecule has 0 fully saturated rings. The van der Waals surface area contributed by atoms with Crippen LogP contribution in [-0.2, 0) is 16.1 Å². The van der Waals surface area contributed by atoms with E-state index in [1.54, 1.807) is 7.11 Å². The second-order valence-corrected chi connectivity index (χ2v) is 5.41. The van der Waals surface area contributed by atoms with E-state index in [1.165, 1.54) is 25.7 Å². The van der Waals surface area contributed by atoms with Gasteiger partial charge in [0.05, 0.1) is 13.7 Å². The van der Waals surface area contributed by atoms with E-state index in [0.29, 0.717) is 13.2 Å². The largest absolute Gasteiger partial charge is 0.497 e. The second kappa shape index (κ2) is 8.73. The van der Waals surface area contributed by atoms with Crippen molar-refractivity contribution in [3.63, 3.8) is 0 Å². The van der Waals surface area contributed by atoms with Crippen molar-refractivity contribution in [1.29, 1.82) is 0 Å². The Bertz CT molecular complexity index is 436. The summed E-state index contributed by atoms with van der Waals surface area (Å²) in [6.07, 6.45) is 8.34. The minimum absolute atomic E-state index is 0.153. The third-order valence-electron chi connectivity index (χ3n) is 3.78. The molecule has 0 aromatic heterocycles. The van der Waals surface area contributed by atoms with Gasteiger partial charge in [-0.1, -0.05) is 44.7 Å². The summed E-state index contributed by atoms with van der Waals surface area (Å²) < 4.78 is 16.8. The summed E-state index contributed by atoms with van der Waals surface area (Å²) in [7, 11) is 1.68. The second-order valence-electron chi connectivity index (χ2n) is 5.41. The zero-order valence-electron chi connectivity index (χ0n) is 13.1. The quantitative estimate of drug-likeness (QED) is 0.628. The Labute approximate surface area is 127 Å². The van der Waals surface area contributed by atoms with E-state index in [4.69, 9.17) is 14.2 Å². The normalized spacial score (nSPS) is 17.6. The van der Waals surface area contributed by atoms with Crippen molar-refractivity contribution in [2.45, 2.75) is 51.7 Å². The summed E-state index contributed by atoms with van der Waals surface area (Å²) in [5, 5.41) is 0. The van der Waals surface area contributed by atoms with Crippen molar-refractivity contribution >= 4 is 0 Å². The molecule has 0 spiro atoms. The Balaban J connectivity index is 1.75. The van der Waals surface area contributed by atoms with Crippen LogP contribution in [-0.4, -0.2) is 19.8 Å². The van der Waals surface area contributed by atoms with Crippen LogP contribution in [0.2, 0.25) is 0 Å². The molecule has 21 heavy (non-hydrogen) atoms. The molecule has 0 radical (unpaired) electrons. The molecule has 1 aliphatic rings. The van der Waals surface area contributed by atoms with Crippen LogP contribution in [0.1, 0.15) is 44.6 Å². The first-order chi connectivity index (χ1) is 10.3. The van der Waals surface area contributed by atoms with E-state index in [0.717, 1.165) is 23.5 Å². The number of hydrogen-bond donors (Lipinski definition) is 0. The topological polar surface area (TPSA) is 27.7 Å². The highest BCUT2D eigenvalue weighted by Crippen LogP contribution is 2.23. The van der Waals surface area contributed by atoms with Crippen LogP contribution in [0.15, 0.2) is 36.1 Å². The van der Waals surface area contributed by atoms with E-state index in [2.05, 4.69) is 13.0 Å². The standard InChI is InChI=1S/C18H26O3/c1-3-4-5-6-7-17-18(12-13-20-17)21-14-15-8-10-16(19-2)11-9-15/h8-12,17H,3-7,13-14H2,1-2H3. The van der Waals surface area contributed by atoms with Gasteiger partial charge in [0.15, 0.2) is 0 Å². The molecule has 1 aromatic rings. The highest BCUT2D eigenvalue weighted by atomic mass is 16.5. The Hall–Kier alpha value is -1.48. The van der Waals surface area contributed by atoms with E-state index in [-0.39, 0.29) is 6.10 Å². The van der Waals surface area contributed by atoms with Gasteiger partial charge in [-0.15, -0.1) is 0 Å². The Kier molecular flexibility index (Phi) is 6.61. The Morgan fingerprint density at radius 2 is 1.95 bits per heavy atom. The molecule has 1 aliphatic heterocycles. The van der Waals surface area contributed by atoms with Gasteiger partial charge in [-0.3, -0.25) is 0 Å². The molecule has 1 atom stereocenters. The summed E-state index contributed by atoms with van der Waals surface area (Å²) in [5.74, 6) is 1.87. The van der Waals surface area contributed by atoms with Gasteiger partial charge in [-0.25, -0.2) is 0 Å². The van der Waals surface area contributed by atoms with Gasteiger partial charge in [-0.05, 0) is 30.2 Å².